The first kappa shape index (κ1) is 15.8. The first-order chi connectivity index (χ1) is 11.7. The highest BCUT2D eigenvalue weighted by molar-refractivity contribution is 7.17. The predicted molar refractivity (Wildman–Crippen MR) is 94.0 cm³/mol. The highest BCUT2D eigenvalue weighted by atomic mass is 32.1. The van der Waals surface area contributed by atoms with Crippen molar-refractivity contribution in [1.29, 1.82) is 0 Å². The number of fused-ring (bicyclic) bond motifs is 3. The van der Waals surface area contributed by atoms with Crippen LogP contribution in [0.5, 0.6) is 0 Å². The Morgan fingerprint density at radius 1 is 1.42 bits per heavy atom. The quantitative estimate of drug-likeness (QED) is 0.914. The second-order valence-electron chi connectivity index (χ2n) is 6.63. The number of carbonyl (C=O) groups is 1. The summed E-state index contributed by atoms with van der Waals surface area (Å²) in [4.78, 5) is 34.1. The third kappa shape index (κ3) is 2.65. The average molecular weight is 346 g/mol. The van der Waals surface area contributed by atoms with E-state index in [0.29, 0.717) is 4.96 Å². The van der Waals surface area contributed by atoms with E-state index in [0.717, 1.165) is 57.4 Å². The van der Waals surface area contributed by atoms with Gasteiger partial charge in [0, 0.05) is 29.4 Å². The Morgan fingerprint density at radius 3 is 3.12 bits per heavy atom. The number of aryl methyl sites for hydroxylation is 2. The third-order valence-corrected chi connectivity index (χ3v) is 6.24. The van der Waals surface area contributed by atoms with Crippen molar-refractivity contribution >= 4 is 22.2 Å². The van der Waals surface area contributed by atoms with Gasteiger partial charge in [-0.05, 0) is 45.2 Å². The molecule has 1 N–H and O–H groups in total. The van der Waals surface area contributed by atoms with Gasteiger partial charge in [0.2, 0.25) is 0 Å². The minimum absolute atomic E-state index is 0.111. The molecule has 6 nitrogen and oxygen atoms in total. The molecule has 0 radical (unpaired) electrons. The second-order valence-corrected chi connectivity index (χ2v) is 7.69. The van der Waals surface area contributed by atoms with Crippen LogP contribution in [-0.2, 0) is 12.8 Å². The molecule has 2 aliphatic rings. The molecule has 0 saturated carbocycles. The van der Waals surface area contributed by atoms with Gasteiger partial charge in [0.1, 0.15) is 5.56 Å². The number of aromatic nitrogens is 2. The third-order valence-electron chi connectivity index (χ3n) is 5.09. The molecule has 7 heteroatoms. The number of rotatable bonds is 3. The molecule has 1 fully saturated rings. The van der Waals surface area contributed by atoms with E-state index >= 15 is 0 Å². The molecule has 1 saturated heterocycles. The summed E-state index contributed by atoms with van der Waals surface area (Å²) >= 11 is 1.57. The highest BCUT2D eigenvalue weighted by Gasteiger charge is 2.25. The van der Waals surface area contributed by atoms with Crippen molar-refractivity contribution in [3.63, 3.8) is 0 Å². The van der Waals surface area contributed by atoms with E-state index in [1.807, 2.05) is 0 Å². The number of hydrogen-bond acceptors (Lipinski definition) is 5. The summed E-state index contributed by atoms with van der Waals surface area (Å²) in [5.74, 6) is -0.289. The van der Waals surface area contributed by atoms with Crippen LogP contribution in [0.1, 0.15) is 47.1 Å². The Balaban J connectivity index is 1.60. The van der Waals surface area contributed by atoms with Gasteiger partial charge in [-0.2, -0.15) is 0 Å². The zero-order valence-electron chi connectivity index (χ0n) is 13.9. The van der Waals surface area contributed by atoms with E-state index in [-0.39, 0.29) is 23.1 Å². The summed E-state index contributed by atoms with van der Waals surface area (Å²) in [7, 11) is 0. The molecular weight excluding hydrogens is 324 g/mol. The first-order valence-corrected chi connectivity index (χ1v) is 9.54. The number of likely N-dealkylation sites (N-methyl/N-ethyl adjacent to an activating group) is 1. The fourth-order valence-electron chi connectivity index (χ4n) is 3.79. The Labute approximate surface area is 144 Å². The number of carbonyl (C=O) groups excluding carboxylic acids is 1. The predicted octanol–water partition coefficient (Wildman–Crippen LogP) is 1.46. The summed E-state index contributed by atoms with van der Waals surface area (Å²) in [5.41, 5.74) is 0.991. The highest BCUT2D eigenvalue weighted by Crippen LogP contribution is 2.28. The Morgan fingerprint density at radius 2 is 2.29 bits per heavy atom. The van der Waals surface area contributed by atoms with Gasteiger partial charge in [0.25, 0.3) is 11.5 Å². The van der Waals surface area contributed by atoms with Crippen LogP contribution in [0.3, 0.4) is 0 Å². The zero-order valence-corrected chi connectivity index (χ0v) is 14.7. The lowest BCUT2D eigenvalue weighted by molar-refractivity contribution is 0.0904. The Hall–Kier alpha value is -1.73. The number of hydrogen-bond donors (Lipinski definition) is 1. The Kier molecular flexibility index (Phi) is 4.14. The number of amides is 1. The molecule has 4 rings (SSSR count). The van der Waals surface area contributed by atoms with Crippen LogP contribution in [0, 0.1) is 0 Å². The van der Waals surface area contributed by atoms with Crippen molar-refractivity contribution in [3.8, 4) is 0 Å². The van der Waals surface area contributed by atoms with Gasteiger partial charge in [-0.25, -0.2) is 4.98 Å². The lowest BCUT2D eigenvalue weighted by atomic mass is 10.1. The van der Waals surface area contributed by atoms with Gasteiger partial charge in [0.15, 0.2) is 4.96 Å². The van der Waals surface area contributed by atoms with E-state index in [2.05, 4.69) is 22.1 Å². The molecule has 2 aromatic heterocycles. The fourth-order valence-corrected chi connectivity index (χ4v) is 4.95. The molecule has 1 aliphatic carbocycles. The molecule has 1 atom stereocenters. The van der Waals surface area contributed by atoms with Gasteiger partial charge >= 0.3 is 0 Å². The van der Waals surface area contributed by atoms with Crippen molar-refractivity contribution in [3.05, 3.63) is 32.7 Å². The van der Waals surface area contributed by atoms with Crippen LogP contribution in [-0.4, -0.2) is 45.9 Å². The zero-order chi connectivity index (χ0) is 16.7. The molecule has 3 heterocycles. The van der Waals surface area contributed by atoms with E-state index < -0.39 is 0 Å². The summed E-state index contributed by atoms with van der Waals surface area (Å²) in [5, 5.41) is 3.03. The molecular formula is C17H22N4O2S. The number of nitrogens with zero attached hydrogens (tertiary/aromatic N) is 3. The molecule has 0 bridgehead atoms. The lowest BCUT2D eigenvalue weighted by Crippen LogP contribution is -2.48. The van der Waals surface area contributed by atoms with Crippen LogP contribution < -0.4 is 10.9 Å². The fraction of sp³-hybridized carbons (Fsp3) is 0.588. The van der Waals surface area contributed by atoms with Crippen molar-refractivity contribution in [1.82, 2.24) is 19.6 Å². The van der Waals surface area contributed by atoms with Crippen molar-refractivity contribution in [2.24, 2.45) is 0 Å². The van der Waals surface area contributed by atoms with Crippen LogP contribution in [0.15, 0.2) is 11.0 Å². The largest absolute Gasteiger partial charge is 0.348 e. The van der Waals surface area contributed by atoms with E-state index in [9.17, 15) is 9.59 Å². The molecule has 0 aromatic carbocycles. The monoisotopic (exact) mass is 346 g/mol. The normalized spacial score (nSPS) is 21.1. The van der Waals surface area contributed by atoms with Gasteiger partial charge in [0.05, 0.1) is 0 Å². The summed E-state index contributed by atoms with van der Waals surface area (Å²) < 4.78 is 1.65. The lowest BCUT2D eigenvalue weighted by Gasteiger charge is -2.32. The maximum atomic E-state index is 12.8. The molecule has 2 aromatic rings. The number of thiazole rings is 1. The Bertz CT molecular complexity index is 841. The molecule has 128 valence electrons. The van der Waals surface area contributed by atoms with Crippen LogP contribution in [0.25, 0.3) is 4.96 Å². The minimum Gasteiger partial charge on any atom is -0.348 e. The van der Waals surface area contributed by atoms with Crippen molar-refractivity contribution < 1.29 is 4.79 Å². The molecule has 24 heavy (non-hydrogen) atoms. The molecule has 1 unspecified atom stereocenters. The number of likely N-dealkylation sites (tertiary alicyclic amines) is 1. The maximum Gasteiger partial charge on any atom is 0.271 e. The molecule has 1 amide bonds. The van der Waals surface area contributed by atoms with Gasteiger partial charge in [-0.3, -0.25) is 14.0 Å². The number of nitrogens with one attached hydrogen (secondary N) is 1. The van der Waals surface area contributed by atoms with Crippen molar-refractivity contribution in [2.75, 3.05) is 19.6 Å². The van der Waals surface area contributed by atoms with E-state index in [1.54, 1.807) is 15.7 Å². The second kappa shape index (κ2) is 6.29. The van der Waals surface area contributed by atoms with Crippen molar-refractivity contribution in [2.45, 2.75) is 45.1 Å². The molecule has 0 spiro atoms. The summed E-state index contributed by atoms with van der Waals surface area (Å²) in [6.07, 6.45) is 6.48. The van der Waals surface area contributed by atoms with Crippen LogP contribution in [0.2, 0.25) is 0 Å². The average Bonchev–Trinajstić information content (AvgIpc) is 3.16. The van der Waals surface area contributed by atoms with Gasteiger partial charge < -0.3 is 10.2 Å². The number of piperidine rings is 1. The van der Waals surface area contributed by atoms with Crippen LogP contribution in [0.4, 0.5) is 0 Å². The van der Waals surface area contributed by atoms with E-state index in [4.69, 9.17) is 0 Å². The molecule has 1 aliphatic heterocycles. The maximum absolute atomic E-state index is 12.8. The van der Waals surface area contributed by atoms with Gasteiger partial charge in [-0.1, -0.05) is 6.92 Å². The summed E-state index contributed by atoms with van der Waals surface area (Å²) in [6, 6.07) is 0.111. The first-order valence-electron chi connectivity index (χ1n) is 8.73. The van der Waals surface area contributed by atoms with E-state index in [1.165, 1.54) is 11.1 Å². The topological polar surface area (TPSA) is 66.7 Å². The smallest absolute Gasteiger partial charge is 0.271 e. The SMILES string of the molecule is CCN1CCCC(NC(=O)c2cnc3sc4c(n3c2=O)CCC4)C1. The standard InChI is InChI=1S/C17H22N4O2S/c1-2-20-8-4-5-11(10-20)19-15(22)12-9-18-17-21(16(12)23)13-6-3-7-14(13)24-17/h9,11H,2-8,10H2,1H3,(H,19,22). The summed E-state index contributed by atoms with van der Waals surface area (Å²) in [6.45, 7) is 5.06. The van der Waals surface area contributed by atoms with Gasteiger partial charge in [-0.15, -0.1) is 11.3 Å². The minimum atomic E-state index is -0.289. The van der Waals surface area contributed by atoms with Crippen LogP contribution >= 0.6 is 11.3 Å².